The summed E-state index contributed by atoms with van der Waals surface area (Å²) >= 11 is 0. The molecule has 90 valence electrons. The summed E-state index contributed by atoms with van der Waals surface area (Å²) < 4.78 is 4.87. The molecular weight excluding hydrogens is 214 g/mol. The highest BCUT2D eigenvalue weighted by molar-refractivity contribution is 6.20. The topological polar surface area (TPSA) is 107 Å². The summed E-state index contributed by atoms with van der Waals surface area (Å²) in [7, 11) is 0. The summed E-state index contributed by atoms with van der Waals surface area (Å²) in [4.78, 5) is 33.2. The molecule has 16 heavy (non-hydrogen) atoms. The highest BCUT2D eigenvalue weighted by Gasteiger charge is 2.27. The van der Waals surface area contributed by atoms with Crippen molar-refractivity contribution in [2.75, 3.05) is 0 Å². The Bertz CT molecular complexity index is 362. The Morgan fingerprint density at radius 3 is 1.88 bits per heavy atom. The van der Waals surface area contributed by atoms with Crippen molar-refractivity contribution in [3.8, 4) is 0 Å². The average molecular weight is 229 g/mol. The quantitative estimate of drug-likeness (QED) is 0.310. The molecule has 0 spiro atoms. The smallest absolute Gasteiger partial charge is 0.352 e. The maximum absolute atomic E-state index is 11.5. The van der Waals surface area contributed by atoms with Gasteiger partial charge in [0, 0.05) is 0 Å². The zero-order chi connectivity index (χ0) is 13.1. The zero-order valence-corrected chi connectivity index (χ0v) is 9.66. The largest absolute Gasteiger partial charge is 0.477 e. The van der Waals surface area contributed by atoms with Crippen molar-refractivity contribution in [1.29, 1.82) is 0 Å². The maximum Gasteiger partial charge on any atom is 0.352 e. The van der Waals surface area contributed by atoms with Crippen LogP contribution in [0.1, 0.15) is 27.7 Å². The van der Waals surface area contributed by atoms with E-state index in [0.29, 0.717) is 0 Å². The lowest BCUT2D eigenvalue weighted by Crippen LogP contribution is -2.30. The number of hydrogen-bond acceptors (Lipinski definition) is 5. The molecule has 0 amide bonds. The number of aliphatic carboxylic acids is 1. The minimum atomic E-state index is -1.53. The molecule has 6 nitrogen and oxygen atoms in total. The predicted molar refractivity (Wildman–Crippen MR) is 55.4 cm³/mol. The second kappa shape index (κ2) is 4.78. The number of carbonyl (C=O) groups is 3. The number of hydrogen-bond donors (Lipinski definition) is 2. The van der Waals surface area contributed by atoms with Gasteiger partial charge in [0.1, 0.15) is 16.9 Å². The van der Waals surface area contributed by atoms with E-state index in [4.69, 9.17) is 15.6 Å². The molecule has 0 aromatic rings. The van der Waals surface area contributed by atoms with Crippen molar-refractivity contribution in [2.45, 2.75) is 33.3 Å². The molecule has 0 bridgehead atoms. The highest BCUT2D eigenvalue weighted by atomic mass is 16.6. The fourth-order valence-corrected chi connectivity index (χ4v) is 0.879. The first kappa shape index (κ1) is 14.2. The van der Waals surface area contributed by atoms with Gasteiger partial charge in [-0.2, -0.15) is 0 Å². The molecule has 0 fully saturated rings. The second-order valence-corrected chi connectivity index (χ2v) is 4.15. The number of ketones is 1. The standard InChI is InChI=1S/C10H15NO5/c1-5(12)6(7(11)8(13)14)9(15)16-10(2,3)4/h11H2,1-4H3,(H,13,14)/b7-6+. The normalized spacial score (nSPS) is 12.8. The van der Waals surface area contributed by atoms with E-state index in [1.807, 2.05) is 0 Å². The van der Waals surface area contributed by atoms with Gasteiger partial charge in [0.2, 0.25) is 0 Å². The number of carboxylic acid groups (broad SMARTS) is 1. The van der Waals surface area contributed by atoms with Crippen LogP contribution >= 0.6 is 0 Å². The third kappa shape index (κ3) is 4.12. The van der Waals surface area contributed by atoms with Crippen LogP contribution in [0.4, 0.5) is 0 Å². The lowest BCUT2D eigenvalue weighted by Gasteiger charge is -2.20. The molecular formula is C10H15NO5. The highest BCUT2D eigenvalue weighted by Crippen LogP contribution is 2.13. The van der Waals surface area contributed by atoms with E-state index in [9.17, 15) is 14.4 Å². The first-order chi connectivity index (χ1) is 7.06. The Morgan fingerprint density at radius 2 is 1.62 bits per heavy atom. The summed E-state index contributed by atoms with van der Waals surface area (Å²) in [6.45, 7) is 5.84. The SMILES string of the molecule is CC(=O)/C(C(=O)OC(C)(C)C)=C(\N)C(=O)O. The number of carboxylic acids is 1. The average Bonchev–Trinajstić information content (AvgIpc) is 1.99. The number of rotatable bonds is 3. The van der Waals surface area contributed by atoms with Crippen LogP contribution in [0, 0.1) is 0 Å². The van der Waals surface area contributed by atoms with Crippen LogP contribution in [0.5, 0.6) is 0 Å². The number of Topliss-reactive ketones (excluding diaryl/α,β-unsaturated/α-hetero) is 1. The summed E-state index contributed by atoms with van der Waals surface area (Å²) in [6, 6.07) is 0. The molecule has 0 unspecified atom stereocenters. The van der Waals surface area contributed by atoms with Gasteiger partial charge in [0.15, 0.2) is 5.78 Å². The number of ether oxygens (including phenoxy) is 1. The molecule has 0 saturated heterocycles. The van der Waals surface area contributed by atoms with E-state index in [2.05, 4.69) is 0 Å². The Kier molecular flexibility index (Phi) is 4.23. The molecule has 0 aliphatic carbocycles. The number of carbonyl (C=O) groups excluding carboxylic acids is 2. The van der Waals surface area contributed by atoms with Crippen LogP contribution in [0.15, 0.2) is 11.3 Å². The lowest BCUT2D eigenvalue weighted by molar-refractivity contribution is -0.151. The van der Waals surface area contributed by atoms with Gasteiger partial charge in [-0.25, -0.2) is 9.59 Å². The Labute approximate surface area is 93.1 Å². The van der Waals surface area contributed by atoms with E-state index in [-0.39, 0.29) is 0 Å². The van der Waals surface area contributed by atoms with Gasteiger partial charge in [-0.3, -0.25) is 4.79 Å². The Hall–Kier alpha value is -1.85. The van der Waals surface area contributed by atoms with Crippen LogP contribution in [0.25, 0.3) is 0 Å². The van der Waals surface area contributed by atoms with Crippen molar-refractivity contribution >= 4 is 17.7 Å². The van der Waals surface area contributed by atoms with Gasteiger partial charge in [0.25, 0.3) is 0 Å². The summed E-state index contributed by atoms with van der Waals surface area (Å²) in [5.41, 5.74) is 2.88. The molecule has 6 heteroatoms. The third-order valence-electron chi connectivity index (χ3n) is 1.45. The molecule has 0 radical (unpaired) electrons. The fraction of sp³-hybridized carbons (Fsp3) is 0.500. The molecule has 0 rings (SSSR count). The van der Waals surface area contributed by atoms with E-state index < -0.39 is 34.6 Å². The fourth-order valence-electron chi connectivity index (χ4n) is 0.879. The van der Waals surface area contributed by atoms with E-state index in [1.54, 1.807) is 20.8 Å². The van der Waals surface area contributed by atoms with Crippen LogP contribution in [0.2, 0.25) is 0 Å². The van der Waals surface area contributed by atoms with Crippen LogP contribution in [0.3, 0.4) is 0 Å². The molecule has 0 atom stereocenters. The van der Waals surface area contributed by atoms with Crippen molar-refractivity contribution in [1.82, 2.24) is 0 Å². The third-order valence-corrected chi connectivity index (χ3v) is 1.45. The van der Waals surface area contributed by atoms with Crippen LogP contribution < -0.4 is 5.73 Å². The molecule has 0 heterocycles. The molecule has 3 N–H and O–H groups in total. The minimum absolute atomic E-state index is 0.637. The zero-order valence-electron chi connectivity index (χ0n) is 9.66. The Morgan fingerprint density at radius 1 is 1.19 bits per heavy atom. The number of nitrogens with two attached hydrogens (primary N) is 1. The van der Waals surface area contributed by atoms with Gasteiger partial charge in [-0.1, -0.05) is 0 Å². The molecule has 0 aromatic carbocycles. The first-order valence-corrected chi connectivity index (χ1v) is 4.53. The summed E-state index contributed by atoms with van der Waals surface area (Å²) in [5, 5.41) is 8.61. The van der Waals surface area contributed by atoms with Crippen LogP contribution in [-0.4, -0.2) is 28.4 Å². The van der Waals surface area contributed by atoms with Crippen molar-refractivity contribution in [3.63, 3.8) is 0 Å². The van der Waals surface area contributed by atoms with Crippen molar-refractivity contribution in [3.05, 3.63) is 11.3 Å². The second-order valence-electron chi connectivity index (χ2n) is 4.15. The summed E-state index contributed by atoms with van der Waals surface area (Å²) in [5.74, 6) is -3.30. The maximum atomic E-state index is 11.5. The van der Waals surface area contributed by atoms with Crippen LogP contribution in [-0.2, 0) is 19.1 Å². The van der Waals surface area contributed by atoms with Gasteiger partial charge < -0.3 is 15.6 Å². The van der Waals surface area contributed by atoms with Gasteiger partial charge in [-0.05, 0) is 27.7 Å². The first-order valence-electron chi connectivity index (χ1n) is 4.53. The predicted octanol–water partition coefficient (Wildman–Crippen LogP) is 0.214. The number of esters is 1. The monoisotopic (exact) mass is 229 g/mol. The molecule has 0 saturated carbocycles. The van der Waals surface area contributed by atoms with Crippen molar-refractivity contribution in [2.24, 2.45) is 5.73 Å². The van der Waals surface area contributed by atoms with E-state index in [1.165, 1.54) is 0 Å². The van der Waals surface area contributed by atoms with E-state index in [0.717, 1.165) is 6.92 Å². The van der Waals surface area contributed by atoms with Gasteiger partial charge in [-0.15, -0.1) is 0 Å². The Balaban J connectivity index is 5.27. The molecule has 0 aromatic heterocycles. The van der Waals surface area contributed by atoms with Gasteiger partial charge >= 0.3 is 11.9 Å². The minimum Gasteiger partial charge on any atom is -0.477 e. The van der Waals surface area contributed by atoms with E-state index >= 15 is 0 Å². The molecule has 0 aliphatic rings. The lowest BCUT2D eigenvalue weighted by atomic mass is 10.1. The molecule has 0 aliphatic heterocycles. The summed E-state index contributed by atoms with van der Waals surface area (Å²) in [6.07, 6.45) is 0. The van der Waals surface area contributed by atoms with Crippen molar-refractivity contribution < 1.29 is 24.2 Å². The van der Waals surface area contributed by atoms with Gasteiger partial charge in [0.05, 0.1) is 0 Å².